The van der Waals surface area contributed by atoms with Crippen molar-refractivity contribution >= 4 is 25.2 Å². The Morgan fingerprint density at radius 2 is 1.73 bits per heavy atom. The third-order valence-corrected chi connectivity index (χ3v) is 10.8. The molecule has 2 aliphatic rings. The van der Waals surface area contributed by atoms with Crippen LogP contribution in [0.5, 0.6) is 5.75 Å². The third kappa shape index (κ3) is 5.61. The Hall–Kier alpha value is -2.98. The molecule has 7 nitrogen and oxygen atoms in total. The fourth-order valence-corrected chi connectivity index (χ4v) is 7.31. The molecule has 6 rings (SSSR count). The Labute approximate surface area is 242 Å². The van der Waals surface area contributed by atoms with Crippen molar-refractivity contribution in [3.05, 3.63) is 59.1 Å². The molecule has 40 heavy (non-hydrogen) atoms. The monoisotopic (exact) mass is 573 g/mol. The van der Waals surface area contributed by atoms with E-state index in [4.69, 9.17) is 19.6 Å². The van der Waals surface area contributed by atoms with Crippen LogP contribution in [0.1, 0.15) is 10.4 Å². The molecule has 0 unspecified atom stereocenters. The molecule has 9 heteroatoms. The molecule has 0 N–H and O–H groups in total. The lowest BCUT2D eigenvalue weighted by atomic mass is 10.1. The average Bonchev–Trinajstić information content (AvgIpc) is 3.62. The van der Waals surface area contributed by atoms with Crippen molar-refractivity contribution in [2.24, 2.45) is 0 Å². The number of aromatic nitrogens is 3. The van der Waals surface area contributed by atoms with Crippen LogP contribution in [-0.4, -0.2) is 74.7 Å². The highest BCUT2D eigenvalue weighted by atomic mass is 32.1. The van der Waals surface area contributed by atoms with E-state index in [1.54, 1.807) is 7.11 Å². The van der Waals surface area contributed by atoms with Crippen molar-refractivity contribution in [3.8, 4) is 38.7 Å². The van der Waals surface area contributed by atoms with Gasteiger partial charge in [-0.2, -0.15) is 5.10 Å². The summed E-state index contributed by atoms with van der Waals surface area (Å²) in [4.78, 5) is 12.2. The number of ether oxygens (including phenoxy) is 2. The molecule has 0 bridgehead atoms. The number of fused-ring (bicyclic) bond motifs is 3. The van der Waals surface area contributed by atoms with E-state index in [0.29, 0.717) is 6.73 Å². The molecule has 1 fully saturated rings. The SMILES string of the molecule is COc1ccc(-c2nn(COCC[Si](C)(C)C)c3c2Cc2sc(-c4ccc(N5CCN(C)CC5)nc4)cc2-3)cc1. The number of pyridine rings is 1. The number of hydrogen-bond acceptors (Lipinski definition) is 7. The summed E-state index contributed by atoms with van der Waals surface area (Å²) in [5, 5.41) is 5.09. The highest BCUT2D eigenvalue weighted by Crippen LogP contribution is 2.47. The molecule has 3 aromatic heterocycles. The zero-order valence-corrected chi connectivity index (χ0v) is 26.1. The Balaban J connectivity index is 1.28. The van der Waals surface area contributed by atoms with Crippen LogP contribution in [-0.2, 0) is 17.9 Å². The summed E-state index contributed by atoms with van der Waals surface area (Å²) in [5.41, 5.74) is 7.08. The van der Waals surface area contributed by atoms with E-state index in [1.165, 1.54) is 32.1 Å². The van der Waals surface area contributed by atoms with Crippen molar-refractivity contribution < 1.29 is 9.47 Å². The minimum Gasteiger partial charge on any atom is -0.497 e. The van der Waals surface area contributed by atoms with Gasteiger partial charge in [0.15, 0.2) is 0 Å². The first-order valence-electron chi connectivity index (χ1n) is 14.1. The molecule has 0 amide bonds. The van der Waals surface area contributed by atoms with E-state index in [1.807, 2.05) is 29.7 Å². The van der Waals surface area contributed by atoms with Gasteiger partial charge in [-0.1, -0.05) is 19.6 Å². The van der Waals surface area contributed by atoms with Crippen molar-refractivity contribution in [1.82, 2.24) is 19.7 Å². The van der Waals surface area contributed by atoms with Crippen LogP contribution in [0, 0.1) is 0 Å². The summed E-state index contributed by atoms with van der Waals surface area (Å²) in [6.07, 6.45) is 2.92. The highest BCUT2D eigenvalue weighted by Gasteiger charge is 2.31. The van der Waals surface area contributed by atoms with Crippen molar-refractivity contribution in [3.63, 3.8) is 0 Å². The van der Waals surface area contributed by atoms with Gasteiger partial charge in [0, 0.05) is 85.5 Å². The molecule has 4 aromatic rings. The summed E-state index contributed by atoms with van der Waals surface area (Å²) in [5.74, 6) is 1.92. The van der Waals surface area contributed by atoms with Gasteiger partial charge in [-0.05, 0) is 55.6 Å². The van der Waals surface area contributed by atoms with Crippen LogP contribution in [0.3, 0.4) is 0 Å². The van der Waals surface area contributed by atoms with Crippen LogP contribution in [0.25, 0.3) is 33.0 Å². The first-order chi connectivity index (χ1) is 19.3. The molecule has 210 valence electrons. The number of piperazine rings is 1. The fourth-order valence-electron chi connectivity index (χ4n) is 5.39. The molecule has 0 radical (unpaired) electrons. The number of benzene rings is 1. The smallest absolute Gasteiger partial charge is 0.140 e. The molecule has 1 saturated heterocycles. The van der Waals surface area contributed by atoms with Crippen LogP contribution in [0.15, 0.2) is 48.7 Å². The van der Waals surface area contributed by atoms with E-state index in [2.05, 4.69) is 71.5 Å². The predicted octanol–water partition coefficient (Wildman–Crippen LogP) is 6.32. The minimum atomic E-state index is -1.16. The summed E-state index contributed by atoms with van der Waals surface area (Å²) in [7, 11) is 2.72. The summed E-state index contributed by atoms with van der Waals surface area (Å²) < 4.78 is 13.7. The van der Waals surface area contributed by atoms with E-state index >= 15 is 0 Å². The molecule has 0 saturated carbocycles. The highest BCUT2D eigenvalue weighted by molar-refractivity contribution is 7.16. The maximum atomic E-state index is 6.19. The largest absolute Gasteiger partial charge is 0.497 e. The minimum absolute atomic E-state index is 0.467. The molecule has 0 spiro atoms. The zero-order valence-electron chi connectivity index (χ0n) is 24.2. The first kappa shape index (κ1) is 27.2. The molecule has 1 aliphatic carbocycles. The first-order valence-corrected chi connectivity index (χ1v) is 18.7. The second-order valence-electron chi connectivity index (χ2n) is 12.1. The Kier molecular flexibility index (Phi) is 7.56. The van der Waals surface area contributed by atoms with Crippen molar-refractivity contribution in [2.45, 2.75) is 38.8 Å². The fraction of sp³-hybridized carbons (Fsp3) is 0.419. The zero-order chi connectivity index (χ0) is 27.9. The van der Waals surface area contributed by atoms with Gasteiger partial charge in [0.05, 0.1) is 18.5 Å². The molecule has 0 atom stereocenters. The van der Waals surface area contributed by atoms with E-state index < -0.39 is 8.07 Å². The normalized spacial score (nSPS) is 15.4. The number of nitrogens with zero attached hydrogens (tertiary/aromatic N) is 5. The van der Waals surface area contributed by atoms with Crippen LogP contribution < -0.4 is 9.64 Å². The number of hydrogen-bond donors (Lipinski definition) is 0. The molecular formula is C31H39N5O2SSi. The van der Waals surface area contributed by atoms with Gasteiger partial charge in [-0.25, -0.2) is 9.67 Å². The molecule has 4 heterocycles. The summed E-state index contributed by atoms with van der Waals surface area (Å²) in [6, 6.07) is 16.1. The van der Waals surface area contributed by atoms with Gasteiger partial charge >= 0.3 is 0 Å². The van der Waals surface area contributed by atoms with Crippen LogP contribution in [0.4, 0.5) is 5.82 Å². The van der Waals surface area contributed by atoms with Crippen molar-refractivity contribution in [1.29, 1.82) is 0 Å². The van der Waals surface area contributed by atoms with Crippen LogP contribution in [0.2, 0.25) is 25.7 Å². The van der Waals surface area contributed by atoms with Crippen molar-refractivity contribution in [2.75, 3.05) is 51.8 Å². The number of thiophene rings is 1. The van der Waals surface area contributed by atoms with Gasteiger partial charge in [-0.3, -0.25) is 0 Å². The van der Waals surface area contributed by atoms with E-state index in [-0.39, 0.29) is 0 Å². The Morgan fingerprint density at radius 3 is 2.40 bits per heavy atom. The third-order valence-electron chi connectivity index (χ3n) is 7.89. The van der Waals surface area contributed by atoms with E-state index in [0.717, 1.165) is 68.1 Å². The average molecular weight is 574 g/mol. The Bertz CT molecular complexity index is 1470. The lowest BCUT2D eigenvalue weighted by Crippen LogP contribution is -2.44. The van der Waals surface area contributed by atoms with Gasteiger partial charge in [0.1, 0.15) is 18.3 Å². The van der Waals surface area contributed by atoms with Crippen LogP contribution >= 0.6 is 11.3 Å². The Morgan fingerprint density at radius 1 is 0.975 bits per heavy atom. The van der Waals surface area contributed by atoms with Gasteiger partial charge in [-0.15, -0.1) is 11.3 Å². The maximum Gasteiger partial charge on any atom is 0.140 e. The second-order valence-corrected chi connectivity index (χ2v) is 18.8. The van der Waals surface area contributed by atoms with Gasteiger partial charge in [0.2, 0.25) is 0 Å². The van der Waals surface area contributed by atoms with Gasteiger partial charge in [0.25, 0.3) is 0 Å². The summed E-state index contributed by atoms with van der Waals surface area (Å²) >= 11 is 1.87. The number of rotatable bonds is 9. The molecular weight excluding hydrogens is 535 g/mol. The standard InChI is InChI=1S/C31H39N5O2SSi/c1-34-12-14-35(15-13-34)29-11-8-23(20-32-29)27-18-25-28(39-27)19-26-30(22-6-9-24(37-2)10-7-22)33-36(31(25)26)21-38-16-17-40(3,4)5/h6-11,18,20H,12-17,19,21H2,1-5H3. The summed E-state index contributed by atoms with van der Waals surface area (Å²) in [6.45, 7) is 12.6. The number of methoxy groups -OCH3 is 1. The predicted molar refractivity (Wildman–Crippen MR) is 167 cm³/mol. The lowest BCUT2D eigenvalue weighted by molar-refractivity contribution is 0.0799. The second kappa shape index (κ2) is 11.1. The maximum absolute atomic E-state index is 6.19. The lowest BCUT2D eigenvalue weighted by Gasteiger charge is -2.33. The van der Waals surface area contributed by atoms with Gasteiger partial charge < -0.3 is 19.3 Å². The molecule has 1 aliphatic heterocycles. The number of likely N-dealkylation sites (N-methyl/N-ethyl adjacent to an activating group) is 1. The number of anilines is 1. The quantitative estimate of drug-likeness (QED) is 0.152. The topological polar surface area (TPSA) is 55.7 Å². The molecule has 1 aromatic carbocycles. The van der Waals surface area contributed by atoms with E-state index in [9.17, 15) is 0 Å².